The Labute approximate surface area is 135 Å². The van der Waals surface area contributed by atoms with E-state index in [0.29, 0.717) is 0 Å². The summed E-state index contributed by atoms with van der Waals surface area (Å²) < 4.78 is 11.6. The van der Waals surface area contributed by atoms with Crippen LogP contribution in [0.1, 0.15) is 0 Å². The Bertz CT molecular complexity index is 504. The van der Waals surface area contributed by atoms with Crippen molar-refractivity contribution in [3.63, 3.8) is 0 Å². The maximum atomic E-state index is 5.25. The third-order valence-corrected chi connectivity index (χ3v) is 12.0. The van der Waals surface area contributed by atoms with Crippen molar-refractivity contribution >= 4 is 41.0 Å². The van der Waals surface area contributed by atoms with Gasteiger partial charge in [0.2, 0.25) is 0 Å². The molecule has 0 amide bonds. The van der Waals surface area contributed by atoms with Gasteiger partial charge in [-0.3, -0.25) is 0 Å². The van der Waals surface area contributed by atoms with Crippen molar-refractivity contribution in [1.29, 1.82) is 0 Å². The first-order valence-corrected chi connectivity index (χ1v) is 10.7. The van der Waals surface area contributed by atoms with Crippen LogP contribution in [0.5, 0.6) is 11.5 Å². The predicted octanol–water partition coefficient (Wildman–Crippen LogP) is 2.87. The Morgan fingerprint density at radius 3 is 1.40 bits per heavy atom. The molecule has 2 aromatic carbocycles. The Hall–Kier alpha value is -1.01. The lowest BCUT2D eigenvalue weighted by atomic mass is 10.3. The smallest absolute Gasteiger partial charge is 0.124 e. The molecule has 20 heavy (non-hydrogen) atoms. The second kappa shape index (κ2) is 6.63. The SMILES string of the molecule is COc1ccc([Si](C)(CI)c2ccc(OC)cc2)cc1. The number of rotatable bonds is 5. The van der Waals surface area contributed by atoms with Crippen LogP contribution in [-0.4, -0.2) is 26.3 Å². The summed E-state index contributed by atoms with van der Waals surface area (Å²) in [6, 6.07) is 17.0. The summed E-state index contributed by atoms with van der Waals surface area (Å²) in [6.45, 7) is 2.41. The fourth-order valence-corrected chi connectivity index (χ4v) is 7.33. The van der Waals surface area contributed by atoms with Crippen LogP contribution in [0.15, 0.2) is 48.5 Å². The zero-order valence-electron chi connectivity index (χ0n) is 12.0. The number of benzene rings is 2. The first-order chi connectivity index (χ1) is 9.63. The second-order valence-electron chi connectivity index (χ2n) is 4.92. The van der Waals surface area contributed by atoms with Gasteiger partial charge in [-0.2, -0.15) is 0 Å². The fourth-order valence-electron chi connectivity index (χ4n) is 2.24. The van der Waals surface area contributed by atoms with E-state index in [4.69, 9.17) is 9.47 Å². The van der Waals surface area contributed by atoms with Gasteiger partial charge in [0, 0.05) is 4.05 Å². The van der Waals surface area contributed by atoms with Crippen LogP contribution in [0.4, 0.5) is 0 Å². The predicted molar refractivity (Wildman–Crippen MR) is 95.8 cm³/mol. The molecule has 0 saturated carbocycles. The molecule has 0 aromatic heterocycles. The third kappa shape index (κ3) is 3.01. The second-order valence-corrected chi connectivity index (χ2v) is 11.3. The highest BCUT2D eigenvalue weighted by Crippen LogP contribution is 2.15. The highest BCUT2D eigenvalue weighted by Gasteiger charge is 2.30. The lowest BCUT2D eigenvalue weighted by Gasteiger charge is -2.26. The van der Waals surface area contributed by atoms with Crippen LogP contribution in [-0.2, 0) is 0 Å². The minimum Gasteiger partial charge on any atom is -0.497 e. The van der Waals surface area contributed by atoms with Crippen molar-refractivity contribution in [3.05, 3.63) is 48.5 Å². The maximum Gasteiger partial charge on any atom is 0.124 e. The number of hydrogen-bond acceptors (Lipinski definition) is 2. The zero-order chi connectivity index (χ0) is 14.6. The molecule has 0 heterocycles. The van der Waals surface area contributed by atoms with E-state index in [2.05, 4.69) is 77.7 Å². The van der Waals surface area contributed by atoms with Gasteiger partial charge in [0.15, 0.2) is 0 Å². The molecule has 0 bridgehead atoms. The molecule has 0 atom stereocenters. The molecule has 106 valence electrons. The summed E-state index contributed by atoms with van der Waals surface area (Å²) in [6.07, 6.45) is 0. The van der Waals surface area contributed by atoms with E-state index in [0.717, 1.165) is 15.5 Å². The minimum atomic E-state index is -1.67. The highest BCUT2D eigenvalue weighted by atomic mass is 127. The standard InChI is InChI=1S/C16H19IO2Si/c1-18-13-4-8-15(9-5-13)20(3,12-17)16-10-6-14(19-2)7-11-16/h4-11H,12H2,1-3H3. The molecule has 0 spiro atoms. The Morgan fingerprint density at radius 2 is 1.15 bits per heavy atom. The quantitative estimate of drug-likeness (QED) is 0.438. The molecular formula is C16H19IO2Si. The zero-order valence-corrected chi connectivity index (χ0v) is 15.2. The average molecular weight is 398 g/mol. The van der Waals surface area contributed by atoms with Crippen LogP contribution in [0.2, 0.25) is 6.55 Å². The summed E-state index contributed by atoms with van der Waals surface area (Å²) in [5, 5.41) is 2.86. The van der Waals surface area contributed by atoms with Crippen LogP contribution in [0.25, 0.3) is 0 Å². The summed E-state index contributed by atoms with van der Waals surface area (Å²) in [5.74, 6) is 1.82. The summed E-state index contributed by atoms with van der Waals surface area (Å²) in [4.78, 5) is 0. The Balaban J connectivity index is 2.39. The molecule has 0 aliphatic carbocycles. The summed E-state index contributed by atoms with van der Waals surface area (Å²) in [5.41, 5.74) is 0. The third-order valence-electron chi connectivity index (χ3n) is 3.72. The van der Waals surface area contributed by atoms with Gasteiger partial charge in [-0.1, -0.05) is 63.8 Å². The van der Waals surface area contributed by atoms with Gasteiger partial charge in [0.25, 0.3) is 0 Å². The van der Waals surface area contributed by atoms with Gasteiger partial charge in [0.1, 0.15) is 19.6 Å². The fraction of sp³-hybridized carbons (Fsp3) is 0.250. The molecule has 0 fully saturated rings. The molecule has 0 radical (unpaired) electrons. The first kappa shape index (κ1) is 15.4. The average Bonchev–Trinajstić information content (AvgIpc) is 2.54. The molecule has 0 unspecified atom stereocenters. The minimum absolute atomic E-state index is 0.910. The van der Waals surface area contributed by atoms with Gasteiger partial charge in [-0.15, -0.1) is 0 Å². The molecular weight excluding hydrogens is 379 g/mol. The topological polar surface area (TPSA) is 18.5 Å². The van der Waals surface area contributed by atoms with E-state index < -0.39 is 8.07 Å². The van der Waals surface area contributed by atoms with E-state index in [9.17, 15) is 0 Å². The normalized spacial score (nSPS) is 11.2. The molecule has 0 N–H and O–H groups in total. The lowest BCUT2D eigenvalue weighted by molar-refractivity contribution is 0.415. The van der Waals surface area contributed by atoms with Crippen molar-refractivity contribution in [2.24, 2.45) is 0 Å². The van der Waals surface area contributed by atoms with Gasteiger partial charge in [-0.05, 0) is 24.3 Å². The van der Waals surface area contributed by atoms with Crippen molar-refractivity contribution in [1.82, 2.24) is 0 Å². The molecule has 2 aromatic rings. The molecule has 4 heteroatoms. The number of halogens is 1. The lowest BCUT2D eigenvalue weighted by Crippen LogP contribution is -2.57. The molecule has 0 aliphatic rings. The number of alkyl halides is 1. The van der Waals surface area contributed by atoms with Crippen molar-refractivity contribution in [3.8, 4) is 11.5 Å². The maximum absolute atomic E-state index is 5.25. The van der Waals surface area contributed by atoms with E-state index in [1.165, 1.54) is 10.4 Å². The van der Waals surface area contributed by atoms with Gasteiger partial charge in [-0.25, -0.2) is 0 Å². The Morgan fingerprint density at radius 1 is 0.800 bits per heavy atom. The number of methoxy groups -OCH3 is 2. The van der Waals surface area contributed by atoms with Gasteiger partial charge in [0.05, 0.1) is 14.2 Å². The molecule has 2 rings (SSSR count). The molecule has 0 aliphatic heterocycles. The van der Waals surface area contributed by atoms with E-state index >= 15 is 0 Å². The first-order valence-electron chi connectivity index (χ1n) is 6.49. The van der Waals surface area contributed by atoms with E-state index in [-0.39, 0.29) is 0 Å². The van der Waals surface area contributed by atoms with E-state index in [1.807, 2.05) is 0 Å². The van der Waals surface area contributed by atoms with Crippen molar-refractivity contribution in [2.75, 3.05) is 18.3 Å². The van der Waals surface area contributed by atoms with Crippen molar-refractivity contribution < 1.29 is 9.47 Å². The summed E-state index contributed by atoms with van der Waals surface area (Å²) in [7, 11) is 1.73. The van der Waals surface area contributed by atoms with Crippen molar-refractivity contribution in [2.45, 2.75) is 6.55 Å². The molecule has 0 saturated heterocycles. The van der Waals surface area contributed by atoms with Gasteiger partial charge >= 0.3 is 0 Å². The van der Waals surface area contributed by atoms with Crippen LogP contribution in [0.3, 0.4) is 0 Å². The summed E-state index contributed by atoms with van der Waals surface area (Å²) >= 11 is 2.51. The monoisotopic (exact) mass is 398 g/mol. The highest BCUT2D eigenvalue weighted by molar-refractivity contribution is 14.1. The van der Waals surface area contributed by atoms with Crippen LogP contribution >= 0.6 is 22.6 Å². The largest absolute Gasteiger partial charge is 0.497 e. The molecule has 2 nitrogen and oxygen atoms in total. The van der Waals surface area contributed by atoms with Crippen LogP contribution in [0, 0.1) is 0 Å². The van der Waals surface area contributed by atoms with E-state index in [1.54, 1.807) is 14.2 Å². The van der Waals surface area contributed by atoms with Crippen LogP contribution < -0.4 is 19.8 Å². The van der Waals surface area contributed by atoms with Gasteiger partial charge < -0.3 is 9.47 Å². The number of ether oxygens (including phenoxy) is 2. The number of hydrogen-bond donors (Lipinski definition) is 0. The Kier molecular flexibility index (Phi) is 5.09.